The van der Waals surface area contributed by atoms with E-state index in [1.165, 1.54) is 0 Å². The normalized spacial score (nSPS) is 19.7. The summed E-state index contributed by atoms with van der Waals surface area (Å²) in [4.78, 5) is 38.0. The molecule has 0 aromatic heterocycles. The molecule has 2 fully saturated rings. The first kappa shape index (κ1) is 14.8. The summed E-state index contributed by atoms with van der Waals surface area (Å²) in [7, 11) is 0. The van der Waals surface area contributed by atoms with Crippen molar-refractivity contribution < 1.29 is 14.4 Å². The van der Waals surface area contributed by atoms with Gasteiger partial charge in [0, 0.05) is 25.1 Å². The predicted octanol–water partition coefficient (Wildman–Crippen LogP) is 2.05. The Kier molecular flexibility index (Phi) is 3.72. The number of nitrogens with one attached hydrogen (secondary N) is 1. The van der Waals surface area contributed by atoms with Gasteiger partial charge in [-0.2, -0.15) is 0 Å². The van der Waals surface area contributed by atoms with Crippen LogP contribution < -0.4 is 5.32 Å². The molecule has 0 bridgehead atoms. The van der Waals surface area contributed by atoms with Crippen LogP contribution in [-0.2, 0) is 14.4 Å². The maximum Gasteiger partial charge on any atom is 0.313 e. The number of Topliss-reactive ketones (excluding diaryl/α,β-unsaturated/α-hetero) is 1. The van der Waals surface area contributed by atoms with Crippen molar-refractivity contribution in [2.24, 2.45) is 0 Å². The van der Waals surface area contributed by atoms with Gasteiger partial charge in [-0.3, -0.25) is 14.4 Å². The highest BCUT2D eigenvalue weighted by molar-refractivity contribution is 6.39. The van der Waals surface area contributed by atoms with E-state index in [0.717, 1.165) is 24.8 Å². The molecule has 1 spiro atoms. The Hall–Kier alpha value is -2.17. The molecule has 1 N–H and O–H groups in total. The van der Waals surface area contributed by atoms with Crippen LogP contribution in [0.5, 0.6) is 0 Å². The van der Waals surface area contributed by atoms with Gasteiger partial charge in [0.1, 0.15) is 5.78 Å². The zero-order chi connectivity index (χ0) is 15.7. The molecule has 0 atom stereocenters. The van der Waals surface area contributed by atoms with E-state index >= 15 is 0 Å². The van der Waals surface area contributed by atoms with Crippen molar-refractivity contribution >= 4 is 23.3 Å². The zero-order valence-corrected chi connectivity index (χ0v) is 12.7. The van der Waals surface area contributed by atoms with Crippen LogP contribution in [0.15, 0.2) is 24.3 Å². The minimum Gasteiger partial charge on any atom is -0.328 e. The number of piperidine rings is 1. The number of ketones is 1. The van der Waals surface area contributed by atoms with Gasteiger partial charge in [0.05, 0.1) is 5.54 Å². The lowest BCUT2D eigenvalue weighted by atomic mass is 9.69. The third-order valence-corrected chi connectivity index (χ3v) is 4.75. The lowest BCUT2D eigenvalue weighted by molar-refractivity contribution is -0.155. The summed E-state index contributed by atoms with van der Waals surface area (Å²) in [5.41, 5.74) is 1.31. The highest BCUT2D eigenvalue weighted by Gasteiger charge is 2.49. The number of benzene rings is 1. The number of carbonyl (C=O) groups is 3. The Labute approximate surface area is 129 Å². The first-order valence-corrected chi connectivity index (χ1v) is 7.71. The molecule has 1 aromatic carbocycles. The van der Waals surface area contributed by atoms with Crippen molar-refractivity contribution in [3.8, 4) is 0 Å². The molecule has 116 valence electrons. The fourth-order valence-corrected chi connectivity index (χ4v) is 3.32. The summed E-state index contributed by atoms with van der Waals surface area (Å²) in [5.74, 6) is -0.944. The van der Waals surface area contributed by atoms with Crippen LogP contribution in [0.1, 0.15) is 37.7 Å². The Bertz CT molecular complexity index is 617. The second-order valence-electron chi connectivity index (χ2n) is 6.32. The van der Waals surface area contributed by atoms with Crippen LogP contribution in [0, 0.1) is 6.92 Å². The zero-order valence-electron chi connectivity index (χ0n) is 12.7. The van der Waals surface area contributed by atoms with Crippen molar-refractivity contribution in [3.63, 3.8) is 0 Å². The largest absolute Gasteiger partial charge is 0.328 e. The van der Waals surface area contributed by atoms with Gasteiger partial charge in [0.15, 0.2) is 0 Å². The number of hydrogen-bond acceptors (Lipinski definition) is 3. The summed E-state index contributed by atoms with van der Waals surface area (Å²) < 4.78 is 0. The molecule has 2 amide bonds. The average molecular weight is 300 g/mol. The van der Waals surface area contributed by atoms with Gasteiger partial charge in [-0.15, -0.1) is 0 Å². The van der Waals surface area contributed by atoms with Crippen LogP contribution in [0.4, 0.5) is 5.69 Å². The Morgan fingerprint density at radius 2 is 1.86 bits per heavy atom. The first-order chi connectivity index (χ1) is 10.5. The van der Waals surface area contributed by atoms with Crippen LogP contribution >= 0.6 is 0 Å². The quantitative estimate of drug-likeness (QED) is 0.807. The summed E-state index contributed by atoms with van der Waals surface area (Å²) in [6.45, 7) is 2.32. The standard InChI is InChI=1S/C17H20N2O3/c1-12-3-5-13(6-4-12)18-15(21)16(22)19-10-7-14(20)11-17(19)8-2-9-17/h3-6H,2,7-11H2,1H3,(H,18,21). The van der Waals surface area contributed by atoms with E-state index in [0.29, 0.717) is 25.1 Å². The number of hydrogen-bond donors (Lipinski definition) is 1. The molecule has 0 radical (unpaired) electrons. The molecule has 5 heteroatoms. The number of carbonyl (C=O) groups excluding carboxylic acids is 3. The molecule has 22 heavy (non-hydrogen) atoms. The van der Waals surface area contributed by atoms with E-state index < -0.39 is 17.4 Å². The number of likely N-dealkylation sites (tertiary alicyclic amines) is 1. The van der Waals surface area contributed by atoms with Crippen molar-refractivity contribution in [1.29, 1.82) is 0 Å². The van der Waals surface area contributed by atoms with Crippen LogP contribution in [0.3, 0.4) is 0 Å². The number of rotatable bonds is 1. The van der Waals surface area contributed by atoms with Crippen LogP contribution in [0.25, 0.3) is 0 Å². The molecular weight excluding hydrogens is 280 g/mol. The fourth-order valence-electron chi connectivity index (χ4n) is 3.32. The monoisotopic (exact) mass is 300 g/mol. The molecule has 1 aromatic rings. The van der Waals surface area contributed by atoms with Gasteiger partial charge in [-0.25, -0.2) is 0 Å². The lowest BCUT2D eigenvalue weighted by Crippen LogP contribution is -2.62. The molecule has 5 nitrogen and oxygen atoms in total. The van der Waals surface area contributed by atoms with Crippen molar-refractivity contribution in [2.45, 2.75) is 44.6 Å². The lowest BCUT2D eigenvalue weighted by Gasteiger charge is -2.52. The molecule has 1 saturated heterocycles. The Morgan fingerprint density at radius 3 is 2.45 bits per heavy atom. The molecule has 0 unspecified atom stereocenters. The number of aryl methyl sites for hydroxylation is 1. The highest BCUT2D eigenvalue weighted by Crippen LogP contribution is 2.43. The van der Waals surface area contributed by atoms with Crippen molar-refractivity contribution in [2.75, 3.05) is 11.9 Å². The van der Waals surface area contributed by atoms with Crippen molar-refractivity contribution in [1.82, 2.24) is 4.90 Å². The van der Waals surface area contributed by atoms with Gasteiger partial charge < -0.3 is 10.2 Å². The number of amides is 2. The first-order valence-electron chi connectivity index (χ1n) is 7.71. The van der Waals surface area contributed by atoms with E-state index in [1.807, 2.05) is 19.1 Å². The summed E-state index contributed by atoms with van der Waals surface area (Å²) >= 11 is 0. The second kappa shape index (κ2) is 5.55. The number of nitrogens with zero attached hydrogens (tertiary/aromatic N) is 1. The fraction of sp³-hybridized carbons (Fsp3) is 0.471. The maximum atomic E-state index is 12.5. The number of anilines is 1. The van der Waals surface area contributed by atoms with Gasteiger partial charge in [0.2, 0.25) is 0 Å². The van der Waals surface area contributed by atoms with E-state index in [1.54, 1.807) is 17.0 Å². The topological polar surface area (TPSA) is 66.5 Å². The SMILES string of the molecule is Cc1ccc(NC(=O)C(=O)N2CCC(=O)CC23CCC3)cc1. The maximum absolute atomic E-state index is 12.5. The average Bonchev–Trinajstić information content (AvgIpc) is 2.47. The van der Waals surface area contributed by atoms with E-state index in [9.17, 15) is 14.4 Å². The van der Waals surface area contributed by atoms with Gasteiger partial charge in [-0.1, -0.05) is 17.7 Å². The third-order valence-electron chi connectivity index (χ3n) is 4.75. The predicted molar refractivity (Wildman–Crippen MR) is 82.3 cm³/mol. The molecule has 3 rings (SSSR count). The second-order valence-corrected chi connectivity index (χ2v) is 6.32. The minimum atomic E-state index is -0.621. The van der Waals surface area contributed by atoms with Gasteiger partial charge in [-0.05, 0) is 38.3 Å². The van der Waals surface area contributed by atoms with Crippen LogP contribution in [-0.4, -0.2) is 34.6 Å². The molecule has 1 aliphatic carbocycles. The van der Waals surface area contributed by atoms with Crippen LogP contribution in [0.2, 0.25) is 0 Å². The smallest absolute Gasteiger partial charge is 0.313 e. The highest BCUT2D eigenvalue weighted by atomic mass is 16.2. The summed E-state index contributed by atoms with van der Waals surface area (Å²) in [6.07, 6.45) is 3.41. The van der Waals surface area contributed by atoms with E-state index in [4.69, 9.17) is 0 Å². The summed E-state index contributed by atoms with van der Waals surface area (Å²) in [6, 6.07) is 7.32. The molecule has 2 aliphatic rings. The van der Waals surface area contributed by atoms with Crippen molar-refractivity contribution in [3.05, 3.63) is 29.8 Å². The molecular formula is C17H20N2O3. The Morgan fingerprint density at radius 1 is 1.18 bits per heavy atom. The Balaban J connectivity index is 1.71. The molecule has 1 heterocycles. The van der Waals surface area contributed by atoms with Gasteiger partial charge >= 0.3 is 11.8 Å². The summed E-state index contributed by atoms with van der Waals surface area (Å²) in [5, 5.41) is 2.65. The third kappa shape index (κ3) is 2.63. The molecule has 1 aliphatic heterocycles. The van der Waals surface area contributed by atoms with Gasteiger partial charge in [0.25, 0.3) is 0 Å². The van der Waals surface area contributed by atoms with E-state index in [-0.39, 0.29) is 5.78 Å². The van der Waals surface area contributed by atoms with E-state index in [2.05, 4.69) is 5.32 Å². The molecule has 1 saturated carbocycles. The minimum absolute atomic E-state index is 0.197.